The summed E-state index contributed by atoms with van der Waals surface area (Å²) in [6.45, 7) is 2.92. The smallest absolute Gasteiger partial charge is 0.322 e. The van der Waals surface area contributed by atoms with E-state index in [-0.39, 0.29) is 24.3 Å². The van der Waals surface area contributed by atoms with Crippen LogP contribution in [0.15, 0.2) is 0 Å². The molecule has 2 unspecified atom stereocenters. The van der Waals surface area contributed by atoms with Crippen LogP contribution in [0.25, 0.3) is 0 Å². The number of nitrogens with one attached hydrogen (secondary N) is 2. The van der Waals surface area contributed by atoms with Gasteiger partial charge in [0.15, 0.2) is 0 Å². The predicted octanol–water partition coefficient (Wildman–Crippen LogP) is -1.22. The molecule has 7 nitrogen and oxygen atoms in total. The summed E-state index contributed by atoms with van der Waals surface area (Å²) in [7, 11) is 0. The first kappa shape index (κ1) is 12.8. The topological polar surface area (TPSA) is 105 Å². The summed E-state index contributed by atoms with van der Waals surface area (Å²) in [5.74, 6) is -0.588. The van der Waals surface area contributed by atoms with E-state index in [9.17, 15) is 14.4 Å². The molecule has 0 aliphatic carbocycles. The number of carbonyl (C=O) groups excluding carboxylic acids is 3. The fourth-order valence-electron chi connectivity index (χ4n) is 2.51. The Morgan fingerprint density at radius 1 is 1.56 bits per heavy atom. The second-order valence-electron chi connectivity index (χ2n) is 4.84. The quantitative estimate of drug-likeness (QED) is 0.549. The molecule has 100 valence electrons. The molecule has 4 N–H and O–H groups in total. The highest BCUT2D eigenvalue weighted by Crippen LogP contribution is 2.26. The molecule has 0 saturated carbocycles. The molecular weight excluding hydrogens is 236 g/mol. The van der Waals surface area contributed by atoms with E-state index in [1.807, 2.05) is 6.92 Å². The Balaban J connectivity index is 2.06. The van der Waals surface area contributed by atoms with Gasteiger partial charge in [-0.25, -0.2) is 4.79 Å². The molecule has 0 aromatic heterocycles. The van der Waals surface area contributed by atoms with Crippen LogP contribution >= 0.6 is 0 Å². The predicted molar refractivity (Wildman–Crippen MR) is 63.4 cm³/mol. The number of hydrogen-bond donors (Lipinski definition) is 3. The van der Waals surface area contributed by atoms with E-state index < -0.39 is 11.6 Å². The van der Waals surface area contributed by atoms with Crippen molar-refractivity contribution in [2.24, 2.45) is 11.7 Å². The zero-order valence-corrected chi connectivity index (χ0v) is 10.4. The van der Waals surface area contributed by atoms with Crippen molar-refractivity contribution in [2.75, 3.05) is 19.6 Å². The number of likely N-dealkylation sites (tertiary alicyclic amines) is 1. The van der Waals surface area contributed by atoms with Gasteiger partial charge in [-0.3, -0.25) is 14.9 Å². The zero-order chi connectivity index (χ0) is 13.3. The van der Waals surface area contributed by atoms with Gasteiger partial charge in [0.2, 0.25) is 5.91 Å². The van der Waals surface area contributed by atoms with Gasteiger partial charge in [0.1, 0.15) is 5.54 Å². The number of nitrogens with zero attached hydrogens (tertiary/aromatic N) is 1. The van der Waals surface area contributed by atoms with Crippen LogP contribution in [0, 0.1) is 5.92 Å². The van der Waals surface area contributed by atoms with Crippen molar-refractivity contribution in [1.29, 1.82) is 0 Å². The number of urea groups is 1. The lowest BCUT2D eigenvalue weighted by molar-refractivity contribution is -0.134. The summed E-state index contributed by atoms with van der Waals surface area (Å²) in [5.41, 5.74) is 4.62. The first-order valence-corrected chi connectivity index (χ1v) is 6.15. The lowest BCUT2D eigenvalue weighted by Crippen LogP contribution is -2.50. The third-order valence-electron chi connectivity index (χ3n) is 3.72. The van der Waals surface area contributed by atoms with Crippen molar-refractivity contribution in [3.8, 4) is 0 Å². The van der Waals surface area contributed by atoms with E-state index in [0.29, 0.717) is 25.9 Å². The Hall–Kier alpha value is -1.63. The number of nitrogens with two attached hydrogens (primary N) is 1. The van der Waals surface area contributed by atoms with Gasteiger partial charge in [-0.1, -0.05) is 6.92 Å². The minimum atomic E-state index is -0.931. The van der Waals surface area contributed by atoms with Gasteiger partial charge < -0.3 is 16.0 Å². The van der Waals surface area contributed by atoms with E-state index in [0.717, 1.165) is 0 Å². The van der Waals surface area contributed by atoms with E-state index >= 15 is 0 Å². The average molecular weight is 254 g/mol. The standard InChI is InChI=1S/C11H18N4O3/c1-2-7(5-12)8(16)15-4-3-11(6-15)9(17)13-10(18)14-11/h7H,2-6,12H2,1H3,(H2,13,14,17,18). The highest BCUT2D eigenvalue weighted by molar-refractivity contribution is 6.07. The zero-order valence-electron chi connectivity index (χ0n) is 10.4. The van der Waals surface area contributed by atoms with Crippen LogP contribution in [0.2, 0.25) is 0 Å². The van der Waals surface area contributed by atoms with Crippen LogP contribution < -0.4 is 16.4 Å². The monoisotopic (exact) mass is 254 g/mol. The second-order valence-corrected chi connectivity index (χ2v) is 4.84. The van der Waals surface area contributed by atoms with Crippen LogP contribution in [0.5, 0.6) is 0 Å². The van der Waals surface area contributed by atoms with Crippen LogP contribution in [0.1, 0.15) is 19.8 Å². The van der Waals surface area contributed by atoms with Crippen molar-refractivity contribution in [1.82, 2.24) is 15.5 Å². The van der Waals surface area contributed by atoms with Crippen molar-refractivity contribution in [3.05, 3.63) is 0 Å². The lowest BCUT2D eigenvalue weighted by atomic mass is 9.99. The summed E-state index contributed by atoms with van der Waals surface area (Å²) in [4.78, 5) is 36.7. The first-order valence-electron chi connectivity index (χ1n) is 6.15. The normalized spacial score (nSPS) is 28.4. The molecule has 0 bridgehead atoms. The number of amides is 4. The van der Waals surface area contributed by atoms with Crippen molar-refractivity contribution in [3.63, 3.8) is 0 Å². The molecular formula is C11H18N4O3. The van der Waals surface area contributed by atoms with Gasteiger partial charge >= 0.3 is 6.03 Å². The molecule has 1 spiro atoms. The van der Waals surface area contributed by atoms with Crippen molar-refractivity contribution in [2.45, 2.75) is 25.3 Å². The maximum Gasteiger partial charge on any atom is 0.322 e. The largest absolute Gasteiger partial charge is 0.339 e. The highest BCUT2D eigenvalue weighted by atomic mass is 16.2. The molecule has 2 fully saturated rings. The summed E-state index contributed by atoms with van der Waals surface area (Å²) in [5, 5.41) is 4.83. The fraction of sp³-hybridized carbons (Fsp3) is 0.727. The van der Waals surface area contributed by atoms with Gasteiger partial charge in [0, 0.05) is 13.1 Å². The maximum absolute atomic E-state index is 12.1. The van der Waals surface area contributed by atoms with Gasteiger partial charge in [-0.2, -0.15) is 0 Å². The number of carbonyl (C=O) groups is 3. The van der Waals surface area contributed by atoms with E-state index in [4.69, 9.17) is 5.73 Å². The lowest BCUT2D eigenvalue weighted by Gasteiger charge is -2.24. The number of imide groups is 1. The van der Waals surface area contributed by atoms with Gasteiger partial charge in [0.25, 0.3) is 5.91 Å². The highest BCUT2D eigenvalue weighted by Gasteiger charge is 2.51. The van der Waals surface area contributed by atoms with Crippen LogP contribution in [-0.2, 0) is 9.59 Å². The van der Waals surface area contributed by atoms with Crippen LogP contribution in [0.4, 0.5) is 4.79 Å². The van der Waals surface area contributed by atoms with Gasteiger partial charge in [-0.15, -0.1) is 0 Å². The molecule has 4 amide bonds. The minimum absolute atomic E-state index is 0.0363. The molecule has 2 heterocycles. The Bertz CT molecular complexity index is 394. The fourth-order valence-corrected chi connectivity index (χ4v) is 2.51. The van der Waals surface area contributed by atoms with Gasteiger partial charge in [-0.05, 0) is 12.8 Å². The second kappa shape index (κ2) is 4.56. The summed E-state index contributed by atoms with van der Waals surface area (Å²) < 4.78 is 0. The molecule has 2 aliphatic heterocycles. The first-order chi connectivity index (χ1) is 8.52. The van der Waals surface area contributed by atoms with Crippen LogP contribution in [0.3, 0.4) is 0 Å². The third-order valence-corrected chi connectivity index (χ3v) is 3.72. The maximum atomic E-state index is 12.1. The van der Waals surface area contributed by atoms with E-state index in [1.54, 1.807) is 4.90 Å². The van der Waals surface area contributed by atoms with Gasteiger partial charge in [0.05, 0.1) is 12.5 Å². The van der Waals surface area contributed by atoms with Crippen LogP contribution in [-0.4, -0.2) is 47.9 Å². The molecule has 2 atom stereocenters. The SMILES string of the molecule is CCC(CN)C(=O)N1CCC2(C1)NC(=O)NC2=O. The van der Waals surface area contributed by atoms with Crippen molar-refractivity contribution < 1.29 is 14.4 Å². The molecule has 0 aromatic rings. The molecule has 2 aliphatic rings. The van der Waals surface area contributed by atoms with E-state index in [1.165, 1.54) is 0 Å². The molecule has 2 saturated heterocycles. The Morgan fingerprint density at radius 2 is 2.28 bits per heavy atom. The molecule has 0 radical (unpaired) electrons. The summed E-state index contributed by atoms with van der Waals surface area (Å²) in [6.07, 6.45) is 1.13. The molecule has 2 rings (SSSR count). The summed E-state index contributed by atoms with van der Waals surface area (Å²) in [6, 6.07) is -0.486. The Kier molecular flexibility index (Phi) is 3.25. The Morgan fingerprint density at radius 3 is 2.78 bits per heavy atom. The number of hydrogen-bond acceptors (Lipinski definition) is 4. The minimum Gasteiger partial charge on any atom is -0.339 e. The molecule has 0 aromatic carbocycles. The van der Waals surface area contributed by atoms with Crippen molar-refractivity contribution >= 4 is 17.8 Å². The molecule has 7 heteroatoms. The van der Waals surface area contributed by atoms with E-state index in [2.05, 4.69) is 10.6 Å². The molecule has 18 heavy (non-hydrogen) atoms. The number of rotatable bonds is 3. The Labute approximate surface area is 105 Å². The average Bonchev–Trinajstić information content (AvgIpc) is 2.86. The summed E-state index contributed by atoms with van der Waals surface area (Å²) >= 11 is 0. The third kappa shape index (κ3) is 1.94.